The summed E-state index contributed by atoms with van der Waals surface area (Å²) in [7, 11) is -0.650. The fourth-order valence-corrected chi connectivity index (χ4v) is 6.33. The van der Waals surface area contributed by atoms with Gasteiger partial charge in [-0.2, -0.15) is 0 Å². The van der Waals surface area contributed by atoms with E-state index in [2.05, 4.69) is 22.1 Å². The van der Waals surface area contributed by atoms with E-state index in [9.17, 15) is 13.2 Å². The van der Waals surface area contributed by atoms with Gasteiger partial charge in [0.2, 0.25) is 10.0 Å². The van der Waals surface area contributed by atoms with Crippen LogP contribution in [-0.2, 0) is 22.9 Å². The molecule has 1 aliphatic heterocycles. The molecule has 7 nitrogen and oxygen atoms in total. The van der Waals surface area contributed by atoms with Crippen LogP contribution in [0.1, 0.15) is 53.5 Å². The average molecular weight is 463 g/mol. The van der Waals surface area contributed by atoms with Crippen LogP contribution in [0.4, 0.5) is 10.8 Å². The first-order valence-electron chi connectivity index (χ1n) is 10.9. The minimum atomic E-state index is -3.64. The van der Waals surface area contributed by atoms with Crippen LogP contribution in [0.25, 0.3) is 0 Å². The van der Waals surface area contributed by atoms with Crippen molar-refractivity contribution in [1.29, 1.82) is 0 Å². The summed E-state index contributed by atoms with van der Waals surface area (Å²) in [6.07, 6.45) is 6.37. The molecular weight excluding hydrogens is 432 g/mol. The van der Waals surface area contributed by atoms with Crippen LogP contribution in [0.15, 0.2) is 23.1 Å². The lowest BCUT2D eigenvalue weighted by molar-refractivity contribution is 0.102. The Labute approximate surface area is 188 Å². The second kappa shape index (κ2) is 8.88. The van der Waals surface area contributed by atoms with Crippen LogP contribution >= 0.6 is 11.3 Å². The molecule has 0 bridgehead atoms. The molecule has 0 radical (unpaired) electrons. The van der Waals surface area contributed by atoms with E-state index in [-0.39, 0.29) is 10.8 Å². The van der Waals surface area contributed by atoms with Gasteiger partial charge in [0.25, 0.3) is 5.91 Å². The lowest BCUT2D eigenvalue weighted by atomic mass is 9.93. The molecular formula is C22H30N4O3S2. The van der Waals surface area contributed by atoms with Crippen molar-refractivity contribution in [3.8, 4) is 0 Å². The van der Waals surface area contributed by atoms with Crippen molar-refractivity contribution in [3.63, 3.8) is 0 Å². The summed E-state index contributed by atoms with van der Waals surface area (Å²) in [5.74, 6) is 0.325. The molecule has 1 unspecified atom stereocenters. The highest BCUT2D eigenvalue weighted by Crippen LogP contribution is 2.33. The third-order valence-electron chi connectivity index (χ3n) is 6.09. The lowest BCUT2D eigenvalue weighted by Crippen LogP contribution is -2.32. The number of thiazole rings is 1. The Kier molecular flexibility index (Phi) is 6.37. The molecule has 168 valence electrons. The van der Waals surface area contributed by atoms with Crippen molar-refractivity contribution in [1.82, 2.24) is 9.29 Å². The van der Waals surface area contributed by atoms with Crippen LogP contribution in [0.3, 0.4) is 0 Å². The third-order valence-corrected chi connectivity index (χ3v) is 8.94. The lowest BCUT2D eigenvalue weighted by Gasteiger charge is -2.30. The number of rotatable bonds is 5. The molecule has 1 amide bonds. The van der Waals surface area contributed by atoms with Crippen LogP contribution in [0.2, 0.25) is 0 Å². The highest BCUT2D eigenvalue weighted by molar-refractivity contribution is 7.89. The normalized spacial score (nSPS) is 19.4. The fourth-order valence-electron chi connectivity index (χ4n) is 4.24. The van der Waals surface area contributed by atoms with Crippen molar-refractivity contribution in [2.45, 2.75) is 50.3 Å². The van der Waals surface area contributed by atoms with Crippen molar-refractivity contribution >= 4 is 38.1 Å². The summed E-state index contributed by atoms with van der Waals surface area (Å²) in [6, 6.07) is 4.87. The fraction of sp³-hybridized carbons (Fsp3) is 0.545. The van der Waals surface area contributed by atoms with Gasteiger partial charge in [-0.25, -0.2) is 17.7 Å². The largest absolute Gasteiger partial charge is 0.371 e. The first-order chi connectivity index (χ1) is 14.8. The number of piperidine rings is 1. The van der Waals surface area contributed by atoms with Gasteiger partial charge in [0.15, 0.2) is 5.13 Å². The van der Waals surface area contributed by atoms with Gasteiger partial charge < -0.3 is 4.90 Å². The summed E-state index contributed by atoms with van der Waals surface area (Å²) in [5, 5.41) is 3.54. The Morgan fingerprint density at radius 3 is 2.68 bits per heavy atom. The first-order valence-corrected chi connectivity index (χ1v) is 13.1. The molecule has 1 saturated heterocycles. The SMILES string of the molecule is CC1CCc2nc(NC(=O)c3cc(S(=O)(=O)N(C)C)ccc3N3CCCCC3)sc2C1. The van der Waals surface area contributed by atoms with Gasteiger partial charge in [-0.3, -0.25) is 10.1 Å². The molecule has 1 atom stereocenters. The van der Waals surface area contributed by atoms with Crippen LogP contribution in [-0.4, -0.2) is 50.8 Å². The smallest absolute Gasteiger partial charge is 0.259 e. The van der Waals surface area contributed by atoms with Crippen molar-refractivity contribution < 1.29 is 13.2 Å². The average Bonchev–Trinajstić information content (AvgIpc) is 3.15. The van der Waals surface area contributed by atoms with E-state index < -0.39 is 10.0 Å². The Morgan fingerprint density at radius 2 is 1.97 bits per heavy atom. The number of carbonyl (C=O) groups excluding carboxylic acids is 1. The van der Waals surface area contributed by atoms with E-state index in [1.807, 2.05) is 0 Å². The number of hydrogen-bond acceptors (Lipinski definition) is 6. The number of carbonyl (C=O) groups is 1. The maximum absolute atomic E-state index is 13.3. The second-order valence-electron chi connectivity index (χ2n) is 8.71. The summed E-state index contributed by atoms with van der Waals surface area (Å²) >= 11 is 1.54. The minimum Gasteiger partial charge on any atom is -0.371 e. The minimum absolute atomic E-state index is 0.121. The number of amides is 1. The van der Waals surface area contributed by atoms with Gasteiger partial charge in [-0.1, -0.05) is 6.92 Å². The molecule has 0 spiro atoms. The Balaban J connectivity index is 1.67. The Morgan fingerprint density at radius 1 is 1.23 bits per heavy atom. The number of nitrogens with zero attached hydrogens (tertiary/aromatic N) is 3. The van der Waals surface area contributed by atoms with Crippen molar-refractivity contribution in [2.24, 2.45) is 5.92 Å². The standard InChI is InChI=1S/C22H30N4O3S2/c1-15-7-9-18-20(13-15)30-22(23-18)24-21(27)17-14-16(31(28,29)25(2)3)8-10-19(17)26-11-5-4-6-12-26/h8,10,14-15H,4-7,9,11-13H2,1-3H3,(H,23,24,27). The zero-order valence-corrected chi connectivity index (χ0v) is 20.0. The molecule has 1 N–H and O–H groups in total. The highest BCUT2D eigenvalue weighted by atomic mass is 32.2. The molecule has 0 saturated carbocycles. The van der Waals surface area contributed by atoms with Gasteiger partial charge >= 0.3 is 0 Å². The topological polar surface area (TPSA) is 82.6 Å². The summed E-state index contributed by atoms with van der Waals surface area (Å²) < 4.78 is 26.5. The number of benzene rings is 1. The van der Waals surface area contributed by atoms with Crippen LogP contribution in [0, 0.1) is 5.92 Å². The predicted molar refractivity (Wildman–Crippen MR) is 125 cm³/mol. The molecule has 9 heteroatoms. The van der Waals surface area contributed by atoms with E-state index in [1.54, 1.807) is 12.1 Å². The maximum Gasteiger partial charge on any atom is 0.259 e. The number of fused-ring (bicyclic) bond motifs is 1. The monoisotopic (exact) mass is 462 g/mol. The number of hydrogen-bond donors (Lipinski definition) is 1. The molecule has 2 aliphatic rings. The number of aryl methyl sites for hydroxylation is 1. The number of sulfonamides is 1. The molecule has 1 aliphatic carbocycles. The number of anilines is 2. The molecule has 1 aromatic carbocycles. The Hall–Kier alpha value is -1.97. The molecule has 2 aromatic rings. The van der Waals surface area contributed by atoms with Crippen LogP contribution < -0.4 is 10.2 Å². The molecule has 1 aromatic heterocycles. The zero-order valence-electron chi connectivity index (χ0n) is 18.3. The molecule has 4 rings (SSSR count). The molecule has 2 heterocycles. The zero-order chi connectivity index (χ0) is 22.2. The van der Waals surface area contributed by atoms with Gasteiger partial charge in [-0.05, 0) is 62.6 Å². The number of nitrogens with one attached hydrogen (secondary N) is 1. The third kappa shape index (κ3) is 4.63. The summed E-state index contributed by atoms with van der Waals surface area (Å²) in [6.45, 7) is 3.97. The van der Waals surface area contributed by atoms with E-state index in [4.69, 9.17) is 0 Å². The van der Waals surface area contributed by atoms with E-state index >= 15 is 0 Å². The molecule has 1 fully saturated rings. The number of aromatic nitrogens is 1. The van der Waals surface area contributed by atoms with E-state index in [0.29, 0.717) is 16.6 Å². The van der Waals surface area contributed by atoms with Crippen molar-refractivity contribution in [2.75, 3.05) is 37.4 Å². The van der Waals surface area contributed by atoms with Crippen molar-refractivity contribution in [3.05, 3.63) is 34.3 Å². The van der Waals surface area contributed by atoms with Gasteiger partial charge in [0.1, 0.15) is 0 Å². The Bertz CT molecular complexity index is 1070. The summed E-state index contributed by atoms with van der Waals surface area (Å²) in [4.78, 5) is 21.5. The van der Waals surface area contributed by atoms with E-state index in [1.165, 1.54) is 47.1 Å². The predicted octanol–water partition coefficient (Wildman–Crippen LogP) is 3.76. The first kappa shape index (κ1) is 22.2. The quantitative estimate of drug-likeness (QED) is 0.732. The highest BCUT2D eigenvalue weighted by Gasteiger charge is 2.26. The molecule has 31 heavy (non-hydrogen) atoms. The van der Waals surface area contributed by atoms with Gasteiger partial charge in [0, 0.05) is 37.7 Å². The summed E-state index contributed by atoms with van der Waals surface area (Å²) in [5.41, 5.74) is 2.25. The van der Waals surface area contributed by atoms with Gasteiger partial charge in [0.05, 0.1) is 16.2 Å². The second-order valence-corrected chi connectivity index (χ2v) is 11.9. The van der Waals surface area contributed by atoms with Gasteiger partial charge in [-0.15, -0.1) is 11.3 Å². The van der Waals surface area contributed by atoms with E-state index in [0.717, 1.165) is 56.6 Å². The maximum atomic E-state index is 13.3. The van der Waals surface area contributed by atoms with Crippen LogP contribution in [0.5, 0.6) is 0 Å².